The number of aromatic amines is 2. The normalized spacial score (nSPS) is 20.9. The smallest absolute Gasteiger partial charge is 0.261 e. The number of amides is 1. The molecule has 2 bridgehead atoms. The number of para-hydroxylation sites is 2. The van der Waals surface area contributed by atoms with Crippen molar-refractivity contribution >= 4 is 39.2 Å². The van der Waals surface area contributed by atoms with E-state index in [2.05, 4.69) is 35.8 Å². The number of nitrogens with zero attached hydrogens (tertiary/aromatic N) is 2. The Labute approximate surface area is 212 Å². The molecule has 5 N–H and O–H groups in total. The van der Waals surface area contributed by atoms with Crippen LogP contribution in [0.4, 0.5) is 15.8 Å². The molecule has 2 aromatic heterocycles. The van der Waals surface area contributed by atoms with Crippen molar-refractivity contribution in [2.45, 2.75) is 25.8 Å². The maximum Gasteiger partial charge on any atom is 0.261 e. The first-order chi connectivity index (χ1) is 18.0. The minimum absolute atomic E-state index is 0.147. The zero-order valence-corrected chi connectivity index (χ0v) is 20.7. The largest absolute Gasteiger partial charge is 0.381 e. The average molecular weight is 504 g/mol. The molecule has 0 aliphatic carbocycles. The summed E-state index contributed by atoms with van der Waals surface area (Å²) in [4.78, 5) is 38.0. The third-order valence-corrected chi connectivity index (χ3v) is 7.53. The number of carbonyl (C=O) groups is 1. The van der Waals surface area contributed by atoms with Gasteiger partial charge in [-0.3, -0.25) is 9.59 Å². The second-order valence-electron chi connectivity index (χ2n) is 9.98. The summed E-state index contributed by atoms with van der Waals surface area (Å²) in [6.07, 6.45) is 2.21. The Kier molecular flexibility index (Phi) is 6.03. The van der Waals surface area contributed by atoms with Crippen molar-refractivity contribution in [1.82, 2.24) is 25.2 Å². The minimum Gasteiger partial charge on any atom is -0.381 e. The first kappa shape index (κ1) is 23.5. The first-order valence-corrected chi connectivity index (χ1v) is 12.8. The lowest BCUT2D eigenvalue weighted by Gasteiger charge is -2.45. The fourth-order valence-electron chi connectivity index (χ4n) is 5.65. The lowest BCUT2D eigenvalue weighted by molar-refractivity contribution is -0.118. The number of carbonyl (C=O) groups excluding carboxylic acids is 1. The van der Waals surface area contributed by atoms with E-state index in [0.717, 1.165) is 43.5 Å². The third kappa shape index (κ3) is 4.53. The molecule has 7 rings (SSSR count). The van der Waals surface area contributed by atoms with Crippen molar-refractivity contribution in [3.8, 4) is 11.4 Å². The molecule has 192 valence electrons. The molecule has 0 unspecified atom stereocenters. The number of imidazole rings is 1. The SMILES string of the molecule is CC(=O)NCCNc1cc2[nH]c(=O)c(-c3nc4ccccc4[nH]3)c(N[C@H]3CN4CCC3CC4)c2cc1F. The fraction of sp³-hybridized carbons (Fsp3) is 0.370. The van der Waals surface area contributed by atoms with Crippen LogP contribution in [-0.4, -0.2) is 64.5 Å². The van der Waals surface area contributed by atoms with E-state index in [4.69, 9.17) is 0 Å². The van der Waals surface area contributed by atoms with Crippen LogP contribution in [0.5, 0.6) is 0 Å². The molecule has 4 aromatic rings. The number of hydrogen-bond acceptors (Lipinski definition) is 6. The molecule has 0 saturated carbocycles. The molecule has 9 nitrogen and oxygen atoms in total. The van der Waals surface area contributed by atoms with Gasteiger partial charge in [0.1, 0.15) is 17.2 Å². The molecule has 10 heteroatoms. The Morgan fingerprint density at radius 1 is 1.14 bits per heavy atom. The highest BCUT2D eigenvalue weighted by molar-refractivity contribution is 6.00. The maximum absolute atomic E-state index is 15.3. The van der Waals surface area contributed by atoms with E-state index in [1.54, 1.807) is 6.07 Å². The summed E-state index contributed by atoms with van der Waals surface area (Å²) in [5, 5.41) is 9.95. The quantitative estimate of drug-likeness (QED) is 0.247. The number of pyridine rings is 1. The summed E-state index contributed by atoms with van der Waals surface area (Å²) in [5.74, 6) is 0.370. The third-order valence-electron chi connectivity index (χ3n) is 7.53. The number of piperidine rings is 3. The maximum atomic E-state index is 15.3. The number of anilines is 2. The van der Waals surface area contributed by atoms with Crippen LogP contribution in [0.15, 0.2) is 41.2 Å². The highest BCUT2D eigenvalue weighted by Crippen LogP contribution is 2.37. The Morgan fingerprint density at radius 3 is 2.68 bits per heavy atom. The molecular formula is C27H30FN7O2. The monoisotopic (exact) mass is 503 g/mol. The molecule has 0 spiro atoms. The van der Waals surface area contributed by atoms with Gasteiger partial charge in [-0.1, -0.05) is 12.1 Å². The van der Waals surface area contributed by atoms with Gasteiger partial charge >= 0.3 is 0 Å². The van der Waals surface area contributed by atoms with Crippen molar-refractivity contribution < 1.29 is 9.18 Å². The summed E-state index contributed by atoms with van der Waals surface area (Å²) >= 11 is 0. The van der Waals surface area contributed by atoms with E-state index in [1.165, 1.54) is 13.0 Å². The molecule has 2 aromatic carbocycles. The number of nitrogens with one attached hydrogen (secondary N) is 5. The summed E-state index contributed by atoms with van der Waals surface area (Å²) in [7, 11) is 0. The van der Waals surface area contributed by atoms with Gasteiger partial charge < -0.3 is 30.8 Å². The van der Waals surface area contributed by atoms with Crippen LogP contribution in [0.3, 0.4) is 0 Å². The lowest BCUT2D eigenvalue weighted by Crippen LogP contribution is -2.53. The van der Waals surface area contributed by atoms with Gasteiger partial charge in [-0.05, 0) is 56.1 Å². The van der Waals surface area contributed by atoms with Gasteiger partial charge in [0.2, 0.25) is 5.91 Å². The van der Waals surface area contributed by atoms with E-state index in [-0.39, 0.29) is 23.2 Å². The van der Waals surface area contributed by atoms with Crippen LogP contribution in [0.2, 0.25) is 0 Å². The summed E-state index contributed by atoms with van der Waals surface area (Å²) in [6, 6.07) is 10.9. The number of H-pyrrole nitrogens is 2. The second-order valence-corrected chi connectivity index (χ2v) is 9.98. The van der Waals surface area contributed by atoms with Crippen LogP contribution in [0.1, 0.15) is 19.8 Å². The number of aromatic nitrogens is 3. The van der Waals surface area contributed by atoms with Gasteiger partial charge in [0.05, 0.1) is 27.9 Å². The molecule has 3 saturated heterocycles. The molecule has 3 aliphatic rings. The Bertz CT molecular complexity index is 1500. The van der Waals surface area contributed by atoms with Gasteiger partial charge in [-0.2, -0.15) is 0 Å². The van der Waals surface area contributed by atoms with Crippen molar-refractivity contribution in [2.24, 2.45) is 5.92 Å². The molecule has 5 heterocycles. The number of rotatable bonds is 7. The summed E-state index contributed by atoms with van der Waals surface area (Å²) in [5.41, 5.74) is 3.06. The van der Waals surface area contributed by atoms with Crippen molar-refractivity contribution in [1.29, 1.82) is 0 Å². The molecule has 0 radical (unpaired) electrons. The second kappa shape index (κ2) is 9.51. The van der Waals surface area contributed by atoms with Crippen LogP contribution in [0, 0.1) is 11.7 Å². The van der Waals surface area contributed by atoms with E-state index in [0.29, 0.717) is 47.0 Å². The minimum atomic E-state index is -0.435. The van der Waals surface area contributed by atoms with Crippen molar-refractivity contribution in [2.75, 3.05) is 43.4 Å². The van der Waals surface area contributed by atoms with Gasteiger partial charge in [-0.15, -0.1) is 0 Å². The van der Waals surface area contributed by atoms with E-state index in [1.807, 2.05) is 24.3 Å². The number of benzene rings is 2. The molecule has 37 heavy (non-hydrogen) atoms. The highest BCUT2D eigenvalue weighted by Gasteiger charge is 2.35. The van der Waals surface area contributed by atoms with Crippen molar-refractivity contribution in [3.63, 3.8) is 0 Å². The van der Waals surface area contributed by atoms with Crippen LogP contribution >= 0.6 is 0 Å². The van der Waals surface area contributed by atoms with Gasteiger partial charge in [0, 0.05) is 38.0 Å². The molecule has 3 fully saturated rings. The fourth-order valence-corrected chi connectivity index (χ4v) is 5.65. The topological polar surface area (TPSA) is 118 Å². The van der Waals surface area contributed by atoms with E-state index < -0.39 is 5.82 Å². The number of hydrogen-bond donors (Lipinski definition) is 5. The molecule has 3 aliphatic heterocycles. The summed E-state index contributed by atoms with van der Waals surface area (Å²) in [6.45, 7) is 5.23. The molecule has 1 atom stereocenters. The zero-order valence-electron chi connectivity index (χ0n) is 20.7. The van der Waals surface area contributed by atoms with Gasteiger partial charge in [0.15, 0.2) is 0 Å². The number of halogens is 1. The first-order valence-electron chi connectivity index (χ1n) is 12.8. The summed E-state index contributed by atoms with van der Waals surface area (Å²) < 4.78 is 15.3. The molecule has 1 amide bonds. The van der Waals surface area contributed by atoms with E-state index in [9.17, 15) is 9.59 Å². The van der Waals surface area contributed by atoms with Crippen molar-refractivity contribution in [3.05, 3.63) is 52.6 Å². The predicted octanol–water partition coefficient (Wildman–Crippen LogP) is 3.26. The number of fused-ring (bicyclic) bond motifs is 5. The van der Waals surface area contributed by atoms with Crippen LogP contribution in [0.25, 0.3) is 33.3 Å². The Morgan fingerprint density at radius 2 is 1.95 bits per heavy atom. The van der Waals surface area contributed by atoms with Crippen LogP contribution < -0.4 is 21.5 Å². The standard InChI is InChI=1S/C27H30FN7O2/c1-15(36)29-8-9-30-22-13-21-17(12-18(22)28)25(31-23-14-35-10-6-16(23)7-11-35)24(27(37)34-21)26-32-19-4-2-3-5-20(19)33-26/h2-5,12-13,16,23,30H,6-11,14H2,1H3,(H,29,36)(H,32,33)(H2,31,34,37)/t23-/m0/s1. The Hall–Kier alpha value is -3.92. The lowest BCUT2D eigenvalue weighted by atomic mass is 9.83. The van der Waals surface area contributed by atoms with Gasteiger partial charge in [-0.25, -0.2) is 9.37 Å². The average Bonchev–Trinajstić information content (AvgIpc) is 3.31. The molecular weight excluding hydrogens is 473 g/mol. The zero-order chi connectivity index (χ0) is 25.5. The highest BCUT2D eigenvalue weighted by atomic mass is 19.1. The van der Waals surface area contributed by atoms with Crippen LogP contribution in [-0.2, 0) is 4.79 Å². The Balaban J connectivity index is 1.45. The van der Waals surface area contributed by atoms with E-state index >= 15 is 4.39 Å². The predicted molar refractivity (Wildman–Crippen MR) is 143 cm³/mol. The van der Waals surface area contributed by atoms with Gasteiger partial charge in [0.25, 0.3) is 5.56 Å².